The molecular formula is C15H16ClN7O3. The van der Waals surface area contributed by atoms with E-state index in [9.17, 15) is 14.7 Å². The van der Waals surface area contributed by atoms with Crippen molar-refractivity contribution in [2.75, 3.05) is 5.73 Å². The number of rotatable bonds is 2. The van der Waals surface area contributed by atoms with Gasteiger partial charge in [0.05, 0.1) is 0 Å². The number of imidazole rings is 2. The van der Waals surface area contributed by atoms with Crippen LogP contribution in [0, 0.1) is 0 Å². The topological polar surface area (TPSA) is 145 Å². The van der Waals surface area contributed by atoms with Gasteiger partial charge in [0.25, 0.3) is 0 Å². The summed E-state index contributed by atoms with van der Waals surface area (Å²) in [5.74, 6) is 0.575. The number of aromatic amines is 1. The number of carboxylic acid groups (broad SMARTS) is 1. The summed E-state index contributed by atoms with van der Waals surface area (Å²) in [5.41, 5.74) is 6.11. The van der Waals surface area contributed by atoms with Crippen molar-refractivity contribution < 1.29 is 9.90 Å². The highest BCUT2D eigenvalue weighted by Gasteiger charge is 2.29. The fourth-order valence-electron chi connectivity index (χ4n) is 3.69. The van der Waals surface area contributed by atoms with E-state index in [2.05, 4.69) is 19.9 Å². The lowest BCUT2D eigenvalue weighted by atomic mass is 9.85. The van der Waals surface area contributed by atoms with Gasteiger partial charge in [-0.1, -0.05) is 11.6 Å². The van der Waals surface area contributed by atoms with Crippen molar-refractivity contribution in [1.82, 2.24) is 29.1 Å². The Hall–Kier alpha value is -2.88. The summed E-state index contributed by atoms with van der Waals surface area (Å²) < 4.78 is 2.72. The molecule has 4 rings (SSSR count). The van der Waals surface area contributed by atoms with E-state index >= 15 is 0 Å². The zero-order chi connectivity index (χ0) is 18.4. The standard InChI is InChI=1S/C15H16ClN7O3/c16-10-9-12(21-13(17)20-10)23(14(24)19-9)8-3-1-7(2-4-8)11-18-5-6-22(11)15(25)26/h5-8H,1-4H2,(H,19,24)(H,25,26)(H2,17,20,21)/t7-,8-. The second-order valence-electron chi connectivity index (χ2n) is 6.31. The molecule has 0 saturated heterocycles. The number of hydrogen-bond acceptors (Lipinski definition) is 6. The molecule has 0 amide bonds. The number of nitrogens with zero attached hydrogens (tertiary/aromatic N) is 5. The maximum absolute atomic E-state index is 12.4. The van der Waals surface area contributed by atoms with Gasteiger partial charge in [-0.25, -0.2) is 19.1 Å². The summed E-state index contributed by atoms with van der Waals surface area (Å²) in [6.07, 6.45) is 4.67. The number of nitrogen functional groups attached to an aromatic ring is 1. The van der Waals surface area contributed by atoms with Crippen LogP contribution >= 0.6 is 11.6 Å². The maximum Gasteiger partial charge on any atom is 0.417 e. The smallest absolute Gasteiger partial charge is 0.417 e. The summed E-state index contributed by atoms with van der Waals surface area (Å²) >= 11 is 6.04. The Morgan fingerprint density at radius 3 is 2.73 bits per heavy atom. The summed E-state index contributed by atoms with van der Waals surface area (Å²) in [7, 11) is 0. The number of nitrogens with one attached hydrogen (secondary N) is 1. The van der Waals surface area contributed by atoms with Gasteiger partial charge in [-0.15, -0.1) is 0 Å². The molecule has 1 saturated carbocycles. The fraction of sp³-hybridized carbons (Fsp3) is 0.400. The molecule has 1 aliphatic rings. The number of aromatic nitrogens is 6. The van der Waals surface area contributed by atoms with Gasteiger partial charge < -0.3 is 15.8 Å². The Morgan fingerprint density at radius 2 is 2.04 bits per heavy atom. The summed E-state index contributed by atoms with van der Waals surface area (Å²) in [4.78, 5) is 38.6. The molecule has 0 spiro atoms. The van der Waals surface area contributed by atoms with Gasteiger partial charge in [0, 0.05) is 24.4 Å². The molecule has 0 atom stereocenters. The predicted octanol–water partition coefficient (Wildman–Crippen LogP) is 1.98. The molecule has 0 radical (unpaired) electrons. The summed E-state index contributed by atoms with van der Waals surface area (Å²) in [5, 5.41) is 9.34. The molecule has 0 aromatic carbocycles. The van der Waals surface area contributed by atoms with Gasteiger partial charge in [-0.2, -0.15) is 9.97 Å². The number of anilines is 1. The Balaban J connectivity index is 1.62. The van der Waals surface area contributed by atoms with Gasteiger partial charge in [-0.05, 0) is 25.7 Å². The Kier molecular flexibility index (Phi) is 3.91. The van der Waals surface area contributed by atoms with Crippen LogP contribution in [0.3, 0.4) is 0 Å². The van der Waals surface area contributed by atoms with Gasteiger partial charge in [0.1, 0.15) is 11.3 Å². The van der Waals surface area contributed by atoms with Crippen molar-refractivity contribution in [2.24, 2.45) is 0 Å². The molecule has 3 aromatic rings. The number of H-pyrrole nitrogens is 1. The van der Waals surface area contributed by atoms with Gasteiger partial charge in [0.15, 0.2) is 10.8 Å². The van der Waals surface area contributed by atoms with Crippen LogP contribution in [0.4, 0.5) is 10.7 Å². The van der Waals surface area contributed by atoms with E-state index in [-0.39, 0.29) is 28.8 Å². The Morgan fingerprint density at radius 1 is 1.31 bits per heavy atom. The summed E-state index contributed by atoms with van der Waals surface area (Å²) in [6, 6.07) is -0.0777. The fourth-order valence-corrected chi connectivity index (χ4v) is 3.91. The highest BCUT2D eigenvalue weighted by atomic mass is 35.5. The van der Waals surface area contributed by atoms with Gasteiger partial charge in [-0.3, -0.25) is 4.57 Å². The van der Waals surface area contributed by atoms with Crippen molar-refractivity contribution in [1.29, 1.82) is 0 Å². The average Bonchev–Trinajstić information content (AvgIpc) is 3.20. The lowest BCUT2D eigenvalue weighted by Gasteiger charge is -2.28. The van der Waals surface area contributed by atoms with E-state index in [0.717, 1.165) is 4.57 Å². The second-order valence-corrected chi connectivity index (χ2v) is 6.67. The molecule has 0 unspecified atom stereocenters. The van der Waals surface area contributed by atoms with Crippen molar-refractivity contribution in [3.63, 3.8) is 0 Å². The molecule has 1 fully saturated rings. The van der Waals surface area contributed by atoms with Gasteiger partial charge >= 0.3 is 11.8 Å². The number of fused-ring (bicyclic) bond motifs is 1. The minimum absolute atomic E-state index is 0.00687. The molecule has 11 heteroatoms. The first-order valence-electron chi connectivity index (χ1n) is 8.15. The normalized spacial score (nSPS) is 20.5. The zero-order valence-corrected chi connectivity index (χ0v) is 14.3. The third-order valence-electron chi connectivity index (χ3n) is 4.84. The number of carbonyl (C=O) groups is 1. The van der Waals surface area contributed by atoms with Crippen LogP contribution in [0.1, 0.15) is 43.5 Å². The third kappa shape index (κ3) is 2.62. The molecule has 3 aromatic heterocycles. The van der Waals surface area contributed by atoms with Crippen LogP contribution in [0.15, 0.2) is 17.2 Å². The minimum Gasteiger partial charge on any atom is -0.464 e. The Bertz CT molecular complexity index is 1050. The number of halogens is 1. The molecule has 3 heterocycles. The van der Waals surface area contributed by atoms with Crippen molar-refractivity contribution in [3.8, 4) is 0 Å². The first-order chi connectivity index (χ1) is 12.5. The maximum atomic E-state index is 12.4. The molecule has 0 aliphatic heterocycles. The van der Waals surface area contributed by atoms with Crippen LogP contribution in [-0.2, 0) is 0 Å². The number of hydrogen-bond donors (Lipinski definition) is 3. The van der Waals surface area contributed by atoms with Crippen LogP contribution < -0.4 is 11.4 Å². The highest BCUT2D eigenvalue weighted by Crippen LogP contribution is 2.38. The van der Waals surface area contributed by atoms with Crippen molar-refractivity contribution >= 4 is 34.8 Å². The van der Waals surface area contributed by atoms with E-state index in [1.54, 1.807) is 4.57 Å². The first-order valence-corrected chi connectivity index (χ1v) is 8.53. The van der Waals surface area contributed by atoms with Gasteiger partial charge in [0.2, 0.25) is 5.95 Å². The van der Waals surface area contributed by atoms with E-state index in [0.29, 0.717) is 42.7 Å². The molecule has 4 N–H and O–H groups in total. The molecule has 10 nitrogen and oxygen atoms in total. The largest absolute Gasteiger partial charge is 0.464 e. The van der Waals surface area contributed by atoms with Crippen LogP contribution in [0.2, 0.25) is 5.15 Å². The van der Waals surface area contributed by atoms with Crippen LogP contribution in [-0.4, -0.2) is 40.3 Å². The van der Waals surface area contributed by atoms with Crippen molar-refractivity contribution in [2.45, 2.75) is 37.6 Å². The lowest BCUT2D eigenvalue weighted by Crippen LogP contribution is -2.27. The second kappa shape index (κ2) is 6.13. The number of nitrogens with two attached hydrogens (primary N) is 1. The predicted molar refractivity (Wildman–Crippen MR) is 93.5 cm³/mol. The van der Waals surface area contributed by atoms with E-state index < -0.39 is 6.09 Å². The van der Waals surface area contributed by atoms with Crippen LogP contribution in [0.5, 0.6) is 0 Å². The Labute approximate surface area is 151 Å². The molecule has 0 bridgehead atoms. The zero-order valence-electron chi connectivity index (χ0n) is 13.6. The first kappa shape index (κ1) is 16.6. The molecule has 26 heavy (non-hydrogen) atoms. The molecule has 1 aliphatic carbocycles. The highest BCUT2D eigenvalue weighted by molar-refractivity contribution is 6.33. The van der Waals surface area contributed by atoms with Crippen molar-refractivity contribution in [3.05, 3.63) is 33.9 Å². The SMILES string of the molecule is Nc1nc(Cl)c2[nH]c(=O)n([C@H]3CC[C@H](c4nccn4C(=O)O)CC3)c2n1. The monoisotopic (exact) mass is 377 g/mol. The average molecular weight is 378 g/mol. The van der Waals surface area contributed by atoms with E-state index in [1.807, 2.05) is 0 Å². The molecular weight excluding hydrogens is 362 g/mol. The quantitative estimate of drug-likeness (QED) is 0.579. The van der Waals surface area contributed by atoms with E-state index in [1.165, 1.54) is 12.4 Å². The lowest BCUT2D eigenvalue weighted by molar-refractivity contribution is 0.194. The van der Waals surface area contributed by atoms with E-state index in [4.69, 9.17) is 17.3 Å². The minimum atomic E-state index is -1.05. The summed E-state index contributed by atoms with van der Waals surface area (Å²) in [6.45, 7) is 0. The van der Waals surface area contributed by atoms with Crippen LogP contribution in [0.25, 0.3) is 11.2 Å². The third-order valence-corrected chi connectivity index (χ3v) is 5.12. The molecule has 136 valence electrons.